The normalized spacial score (nSPS) is 18.3. The summed E-state index contributed by atoms with van der Waals surface area (Å²) in [7, 11) is 2.12. The largest absolute Gasteiger partial charge is 0.378 e. The number of fused-ring (bicyclic) bond motifs is 1. The number of likely N-dealkylation sites (N-methyl/N-ethyl adjacent to an activating group) is 1. The lowest BCUT2D eigenvalue weighted by Crippen LogP contribution is -2.37. The molecule has 0 aromatic carbocycles. The molecule has 3 aromatic rings. The van der Waals surface area contributed by atoms with Gasteiger partial charge in [0, 0.05) is 30.1 Å². The van der Waals surface area contributed by atoms with Gasteiger partial charge >= 0.3 is 0 Å². The second-order valence-electron chi connectivity index (χ2n) is 7.33. The first-order valence-electron chi connectivity index (χ1n) is 9.25. The van der Waals surface area contributed by atoms with Crippen molar-refractivity contribution in [1.29, 1.82) is 0 Å². The highest BCUT2D eigenvalue weighted by atomic mass is 16.5. The third-order valence-electron chi connectivity index (χ3n) is 5.35. The molecule has 1 unspecified atom stereocenters. The maximum Gasteiger partial charge on any atom is 0.258 e. The molecule has 0 aliphatic carbocycles. The Morgan fingerprint density at radius 1 is 1.26 bits per heavy atom. The van der Waals surface area contributed by atoms with Crippen molar-refractivity contribution in [2.24, 2.45) is 0 Å². The smallest absolute Gasteiger partial charge is 0.258 e. The summed E-state index contributed by atoms with van der Waals surface area (Å²) in [5.74, 6) is 0. The van der Waals surface area contributed by atoms with Crippen LogP contribution < -0.4 is 5.56 Å². The van der Waals surface area contributed by atoms with Gasteiger partial charge in [-0.15, -0.1) is 0 Å². The van der Waals surface area contributed by atoms with Gasteiger partial charge in [-0.1, -0.05) is 0 Å². The number of rotatable bonds is 3. The SMILES string of the molecule is Cc1ccn2c(=O)cc(Cn3nc(C)c(C4COCCN4C)c3C)nc2c1. The van der Waals surface area contributed by atoms with Crippen LogP contribution in [0, 0.1) is 20.8 Å². The van der Waals surface area contributed by atoms with E-state index < -0.39 is 0 Å². The van der Waals surface area contributed by atoms with E-state index in [9.17, 15) is 4.79 Å². The number of aryl methyl sites for hydroxylation is 2. The Balaban J connectivity index is 1.70. The summed E-state index contributed by atoms with van der Waals surface area (Å²) in [6, 6.07) is 5.64. The highest BCUT2D eigenvalue weighted by molar-refractivity contribution is 5.41. The number of hydrogen-bond donors (Lipinski definition) is 0. The van der Waals surface area contributed by atoms with Crippen LogP contribution in [-0.2, 0) is 11.3 Å². The molecule has 142 valence electrons. The van der Waals surface area contributed by atoms with Gasteiger partial charge in [0.1, 0.15) is 5.65 Å². The van der Waals surface area contributed by atoms with Crippen molar-refractivity contribution in [2.75, 3.05) is 26.8 Å². The topological polar surface area (TPSA) is 64.7 Å². The zero-order valence-electron chi connectivity index (χ0n) is 16.3. The Kier molecular flexibility index (Phi) is 4.57. The van der Waals surface area contributed by atoms with E-state index in [-0.39, 0.29) is 11.6 Å². The first-order chi connectivity index (χ1) is 12.9. The second kappa shape index (κ2) is 6.90. The quantitative estimate of drug-likeness (QED) is 0.707. The molecule has 0 bridgehead atoms. The van der Waals surface area contributed by atoms with E-state index in [1.165, 1.54) is 5.56 Å². The van der Waals surface area contributed by atoms with Crippen molar-refractivity contribution in [3.05, 3.63) is 63.0 Å². The Bertz CT molecular complexity index is 1050. The van der Waals surface area contributed by atoms with Crippen LogP contribution in [0.4, 0.5) is 0 Å². The first kappa shape index (κ1) is 17.9. The summed E-state index contributed by atoms with van der Waals surface area (Å²) in [5.41, 5.74) is 5.70. The number of nitrogens with zero attached hydrogens (tertiary/aromatic N) is 5. The van der Waals surface area contributed by atoms with Crippen LogP contribution in [-0.4, -0.2) is 50.9 Å². The average Bonchev–Trinajstić information content (AvgIpc) is 2.89. The van der Waals surface area contributed by atoms with E-state index in [4.69, 9.17) is 9.84 Å². The van der Waals surface area contributed by atoms with Crippen LogP contribution in [0.5, 0.6) is 0 Å². The lowest BCUT2D eigenvalue weighted by atomic mass is 10.0. The van der Waals surface area contributed by atoms with Crippen LogP contribution in [0.3, 0.4) is 0 Å². The molecule has 3 aromatic heterocycles. The van der Waals surface area contributed by atoms with E-state index >= 15 is 0 Å². The molecule has 0 saturated carbocycles. The van der Waals surface area contributed by atoms with Gasteiger partial charge in [-0.3, -0.25) is 18.8 Å². The van der Waals surface area contributed by atoms with Crippen molar-refractivity contribution < 1.29 is 4.74 Å². The zero-order valence-corrected chi connectivity index (χ0v) is 16.3. The maximum atomic E-state index is 12.4. The minimum Gasteiger partial charge on any atom is -0.378 e. The van der Waals surface area contributed by atoms with Gasteiger partial charge in [-0.25, -0.2) is 4.98 Å². The van der Waals surface area contributed by atoms with Crippen molar-refractivity contribution in [2.45, 2.75) is 33.4 Å². The molecule has 1 fully saturated rings. The summed E-state index contributed by atoms with van der Waals surface area (Å²) in [4.78, 5) is 19.4. The Morgan fingerprint density at radius 3 is 2.85 bits per heavy atom. The molecule has 1 saturated heterocycles. The van der Waals surface area contributed by atoms with Crippen molar-refractivity contribution in [3.8, 4) is 0 Å². The summed E-state index contributed by atoms with van der Waals surface area (Å²) < 4.78 is 9.20. The standard InChI is InChI=1S/C20H25N5O2/c1-13-5-6-24-18(9-13)21-16(10-19(24)26)11-25-15(3)20(14(2)22-25)17-12-27-8-7-23(17)4/h5-6,9-10,17H,7-8,11-12H2,1-4H3. The van der Waals surface area contributed by atoms with Gasteiger partial charge < -0.3 is 4.74 Å². The van der Waals surface area contributed by atoms with E-state index in [0.717, 1.165) is 35.8 Å². The second-order valence-corrected chi connectivity index (χ2v) is 7.33. The van der Waals surface area contributed by atoms with Crippen molar-refractivity contribution in [3.63, 3.8) is 0 Å². The summed E-state index contributed by atoms with van der Waals surface area (Å²) in [6.07, 6.45) is 1.77. The molecule has 4 rings (SSSR count). The maximum absolute atomic E-state index is 12.4. The van der Waals surface area contributed by atoms with Crippen LogP contribution in [0.1, 0.15) is 34.3 Å². The van der Waals surface area contributed by atoms with E-state index in [1.54, 1.807) is 16.7 Å². The molecule has 1 aliphatic heterocycles. The third kappa shape index (κ3) is 3.28. The lowest BCUT2D eigenvalue weighted by Gasteiger charge is -2.32. The fourth-order valence-electron chi connectivity index (χ4n) is 3.83. The van der Waals surface area contributed by atoms with Crippen LogP contribution in [0.15, 0.2) is 29.2 Å². The molecule has 27 heavy (non-hydrogen) atoms. The van der Waals surface area contributed by atoms with Gasteiger partial charge in [0.2, 0.25) is 0 Å². The minimum absolute atomic E-state index is 0.0721. The first-order valence-corrected chi connectivity index (χ1v) is 9.25. The number of hydrogen-bond acceptors (Lipinski definition) is 5. The molecule has 4 heterocycles. The average molecular weight is 367 g/mol. The molecule has 1 aliphatic rings. The highest BCUT2D eigenvalue weighted by Gasteiger charge is 2.27. The fourth-order valence-corrected chi connectivity index (χ4v) is 3.83. The van der Waals surface area contributed by atoms with Gasteiger partial charge in [0.25, 0.3) is 5.56 Å². The van der Waals surface area contributed by atoms with Crippen molar-refractivity contribution in [1.82, 2.24) is 24.1 Å². The van der Waals surface area contributed by atoms with E-state index in [2.05, 4.69) is 23.9 Å². The molecule has 0 amide bonds. The van der Waals surface area contributed by atoms with E-state index in [1.807, 2.05) is 30.7 Å². The Morgan fingerprint density at radius 2 is 2.07 bits per heavy atom. The minimum atomic E-state index is -0.0721. The fraction of sp³-hybridized carbons (Fsp3) is 0.450. The van der Waals surface area contributed by atoms with Crippen LogP contribution in [0.25, 0.3) is 5.65 Å². The predicted octanol–water partition coefficient (Wildman–Crippen LogP) is 1.87. The van der Waals surface area contributed by atoms with Crippen LogP contribution in [0.2, 0.25) is 0 Å². The summed E-state index contributed by atoms with van der Waals surface area (Å²) >= 11 is 0. The van der Waals surface area contributed by atoms with E-state index in [0.29, 0.717) is 18.8 Å². The summed E-state index contributed by atoms with van der Waals surface area (Å²) in [5, 5.41) is 4.73. The molecule has 0 N–H and O–H groups in total. The van der Waals surface area contributed by atoms with Crippen LogP contribution >= 0.6 is 0 Å². The number of morpholine rings is 1. The van der Waals surface area contributed by atoms with Gasteiger partial charge in [-0.05, 0) is 45.5 Å². The molecule has 0 spiro atoms. The molecular formula is C20H25N5O2. The molecule has 0 radical (unpaired) electrons. The van der Waals surface area contributed by atoms with Gasteiger partial charge in [0.15, 0.2) is 0 Å². The highest BCUT2D eigenvalue weighted by Crippen LogP contribution is 2.28. The molecule has 7 heteroatoms. The number of ether oxygens (including phenoxy) is 1. The Labute approximate surface area is 158 Å². The molecular weight excluding hydrogens is 342 g/mol. The predicted molar refractivity (Wildman–Crippen MR) is 103 cm³/mol. The van der Waals surface area contributed by atoms with Gasteiger partial charge in [-0.2, -0.15) is 5.10 Å². The molecule has 7 nitrogen and oxygen atoms in total. The summed E-state index contributed by atoms with van der Waals surface area (Å²) in [6.45, 7) is 8.95. The zero-order chi connectivity index (χ0) is 19.1. The van der Waals surface area contributed by atoms with Crippen molar-refractivity contribution >= 4 is 5.65 Å². The monoisotopic (exact) mass is 367 g/mol. The molecule has 1 atom stereocenters. The van der Waals surface area contributed by atoms with Gasteiger partial charge in [0.05, 0.1) is 37.2 Å². The third-order valence-corrected chi connectivity index (χ3v) is 5.35. The lowest BCUT2D eigenvalue weighted by molar-refractivity contribution is 0.00457. The Hall–Kier alpha value is -2.51. The number of pyridine rings is 1. The number of aromatic nitrogens is 4.